The molecule has 0 bridgehead atoms. The topological polar surface area (TPSA) is 113 Å². The minimum absolute atomic E-state index is 0.0939. The lowest BCUT2D eigenvalue weighted by molar-refractivity contribution is -0.384. The van der Waals surface area contributed by atoms with Gasteiger partial charge in [-0.15, -0.1) is 16.6 Å². The number of fused-ring (bicyclic) bond motifs is 3. The van der Waals surface area contributed by atoms with Gasteiger partial charge in [-0.2, -0.15) is 0 Å². The first kappa shape index (κ1) is 23.5. The monoisotopic (exact) mass is 495 g/mol. The summed E-state index contributed by atoms with van der Waals surface area (Å²) in [5.74, 6) is 3.01. The third kappa shape index (κ3) is 4.53. The molecule has 1 aliphatic heterocycles. The predicted octanol–water partition coefficient (Wildman–Crippen LogP) is 4.40. The Hall–Kier alpha value is -3.68. The maximum absolute atomic E-state index is 11.9. The number of methoxy groups -OCH3 is 1. The summed E-state index contributed by atoms with van der Waals surface area (Å²) in [5.41, 5.74) is 2.05. The van der Waals surface area contributed by atoms with Crippen molar-refractivity contribution in [2.24, 2.45) is 4.99 Å². The number of ether oxygens (including phenoxy) is 1. The number of terminal acetylenes is 1. The van der Waals surface area contributed by atoms with Crippen LogP contribution in [0.4, 0.5) is 5.69 Å². The maximum Gasteiger partial charge on any atom is 0.305 e. The third-order valence-corrected chi connectivity index (χ3v) is 6.35. The fourth-order valence-electron chi connectivity index (χ4n) is 3.65. The first-order valence-corrected chi connectivity index (χ1v) is 11.5. The standard InChI is InChI=1S/C23H18ClN5O4S/c1-3-12-34-23-27-26-22-18(9-11-20(30)33-2)25-21(15-6-4-5-7-17(15)24)16-13-14(29(31)32)8-10-19(16)28(22)23/h1,4-8,10,13,18H,9,11-12H2,2H3/t18-/m0/s1. The molecule has 0 spiro atoms. The lowest BCUT2D eigenvalue weighted by atomic mass is 9.99. The van der Waals surface area contributed by atoms with Gasteiger partial charge < -0.3 is 4.74 Å². The second kappa shape index (κ2) is 10.1. The number of benzene rings is 2. The third-order valence-electron chi connectivity index (χ3n) is 5.19. The number of halogens is 1. The Bertz CT molecular complexity index is 1350. The number of thioether (sulfide) groups is 1. The van der Waals surface area contributed by atoms with Gasteiger partial charge in [0.2, 0.25) is 0 Å². The molecule has 0 saturated heterocycles. The molecule has 1 aliphatic rings. The van der Waals surface area contributed by atoms with Crippen LogP contribution in [0.2, 0.25) is 5.02 Å². The fraction of sp³-hybridized carbons (Fsp3) is 0.217. The van der Waals surface area contributed by atoms with Gasteiger partial charge in [-0.05, 0) is 18.6 Å². The van der Waals surface area contributed by atoms with Gasteiger partial charge in [-0.3, -0.25) is 24.5 Å². The van der Waals surface area contributed by atoms with Crippen LogP contribution in [0, 0.1) is 22.5 Å². The maximum atomic E-state index is 11.9. The molecule has 2 aromatic carbocycles. The van der Waals surface area contributed by atoms with E-state index < -0.39 is 11.0 Å². The molecule has 0 fully saturated rings. The van der Waals surface area contributed by atoms with Crippen molar-refractivity contribution in [1.29, 1.82) is 0 Å². The van der Waals surface area contributed by atoms with Crippen LogP contribution in [0.25, 0.3) is 5.69 Å². The van der Waals surface area contributed by atoms with E-state index in [0.717, 1.165) is 0 Å². The minimum Gasteiger partial charge on any atom is -0.469 e. The van der Waals surface area contributed by atoms with E-state index >= 15 is 0 Å². The number of rotatable bonds is 7. The number of aromatic nitrogens is 3. The van der Waals surface area contributed by atoms with Gasteiger partial charge in [0.1, 0.15) is 6.04 Å². The number of nitro groups is 1. The SMILES string of the molecule is C#CCSc1nnc2n1-c1ccc([N+](=O)[O-])cc1C(c1ccccc1Cl)=N[C@H]2CCC(=O)OC. The van der Waals surface area contributed by atoms with E-state index in [1.165, 1.54) is 31.0 Å². The molecule has 34 heavy (non-hydrogen) atoms. The van der Waals surface area contributed by atoms with Crippen LogP contribution in [-0.4, -0.2) is 44.2 Å². The number of nitro benzene ring substituents is 1. The summed E-state index contributed by atoms with van der Waals surface area (Å²) >= 11 is 7.82. The number of aliphatic imine (C=N–C) groups is 1. The van der Waals surface area contributed by atoms with Crippen molar-refractivity contribution in [3.63, 3.8) is 0 Å². The molecular weight excluding hydrogens is 478 g/mol. The Balaban J connectivity index is 1.99. The van der Waals surface area contributed by atoms with Crippen LogP contribution in [0.15, 0.2) is 52.6 Å². The van der Waals surface area contributed by atoms with Gasteiger partial charge in [0, 0.05) is 34.7 Å². The molecule has 3 aromatic rings. The molecule has 1 aromatic heterocycles. The smallest absolute Gasteiger partial charge is 0.305 e. The van der Waals surface area contributed by atoms with Crippen LogP contribution in [0.3, 0.4) is 0 Å². The molecule has 0 unspecified atom stereocenters. The number of hydrogen-bond acceptors (Lipinski definition) is 8. The van der Waals surface area contributed by atoms with Crippen molar-refractivity contribution in [2.75, 3.05) is 12.9 Å². The average molecular weight is 496 g/mol. The van der Waals surface area contributed by atoms with E-state index in [0.29, 0.717) is 44.3 Å². The summed E-state index contributed by atoms with van der Waals surface area (Å²) in [6.07, 6.45) is 5.83. The van der Waals surface area contributed by atoms with Gasteiger partial charge >= 0.3 is 5.97 Å². The van der Waals surface area contributed by atoms with Gasteiger partial charge in [-0.1, -0.05) is 47.5 Å². The number of non-ortho nitro benzene ring substituents is 1. The van der Waals surface area contributed by atoms with Crippen LogP contribution >= 0.6 is 23.4 Å². The Morgan fingerprint density at radius 3 is 2.79 bits per heavy atom. The number of carbonyl (C=O) groups is 1. The summed E-state index contributed by atoms with van der Waals surface area (Å²) in [4.78, 5) is 28.0. The second-order valence-electron chi connectivity index (χ2n) is 7.22. The molecule has 1 atom stereocenters. The van der Waals surface area contributed by atoms with E-state index in [9.17, 15) is 14.9 Å². The second-order valence-corrected chi connectivity index (χ2v) is 8.57. The van der Waals surface area contributed by atoms with Gasteiger partial charge in [0.15, 0.2) is 11.0 Å². The van der Waals surface area contributed by atoms with Gasteiger partial charge in [0.25, 0.3) is 5.69 Å². The lowest BCUT2D eigenvalue weighted by Gasteiger charge is -2.13. The minimum atomic E-state index is -0.593. The molecule has 0 N–H and O–H groups in total. The number of esters is 1. The number of nitrogens with zero attached hydrogens (tertiary/aromatic N) is 5. The highest BCUT2D eigenvalue weighted by Gasteiger charge is 2.31. The van der Waals surface area contributed by atoms with Crippen molar-refractivity contribution in [2.45, 2.75) is 24.0 Å². The quantitative estimate of drug-likeness (QED) is 0.157. The van der Waals surface area contributed by atoms with E-state index in [1.807, 2.05) is 6.07 Å². The van der Waals surface area contributed by atoms with Gasteiger partial charge in [0.05, 0.1) is 29.2 Å². The first-order valence-electron chi connectivity index (χ1n) is 10.1. The molecule has 0 aliphatic carbocycles. The molecular formula is C23H18ClN5O4S. The Kier molecular flexibility index (Phi) is 6.95. The first-order chi connectivity index (χ1) is 16.4. The zero-order valence-corrected chi connectivity index (χ0v) is 19.5. The molecule has 2 heterocycles. The lowest BCUT2D eigenvalue weighted by Crippen LogP contribution is -2.09. The van der Waals surface area contributed by atoms with Crippen molar-refractivity contribution in [1.82, 2.24) is 14.8 Å². The van der Waals surface area contributed by atoms with Crippen LogP contribution in [-0.2, 0) is 9.53 Å². The van der Waals surface area contributed by atoms with Gasteiger partial charge in [-0.25, -0.2) is 0 Å². The number of hydrogen-bond donors (Lipinski definition) is 0. The Labute approximate surface area is 204 Å². The summed E-state index contributed by atoms with van der Waals surface area (Å²) < 4.78 is 6.59. The van der Waals surface area contributed by atoms with Crippen molar-refractivity contribution < 1.29 is 14.5 Å². The van der Waals surface area contributed by atoms with Crippen LogP contribution < -0.4 is 0 Å². The summed E-state index contributed by atoms with van der Waals surface area (Å²) in [5, 5.41) is 21.2. The molecule has 0 radical (unpaired) electrons. The van der Waals surface area contributed by atoms with Crippen LogP contribution in [0.1, 0.15) is 35.8 Å². The Morgan fingerprint density at radius 2 is 2.09 bits per heavy atom. The van der Waals surface area contributed by atoms with Crippen molar-refractivity contribution in [3.8, 4) is 18.0 Å². The van der Waals surface area contributed by atoms with E-state index in [4.69, 9.17) is 27.8 Å². The zero-order chi connectivity index (χ0) is 24.2. The molecule has 0 saturated carbocycles. The predicted molar refractivity (Wildman–Crippen MR) is 129 cm³/mol. The zero-order valence-electron chi connectivity index (χ0n) is 18.0. The van der Waals surface area contributed by atoms with E-state index in [1.54, 1.807) is 28.8 Å². The highest BCUT2D eigenvalue weighted by atomic mass is 35.5. The summed E-state index contributed by atoms with van der Waals surface area (Å²) in [6, 6.07) is 11.0. The van der Waals surface area contributed by atoms with Crippen molar-refractivity contribution >= 4 is 40.7 Å². The summed E-state index contributed by atoms with van der Waals surface area (Å²) in [6.45, 7) is 0. The fourth-order valence-corrected chi connectivity index (χ4v) is 4.50. The Morgan fingerprint density at radius 1 is 1.29 bits per heavy atom. The molecule has 0 amide bonds. The van der Waals surface area contributed by atoms with E-state index in [2.05, 4.69) is 16.1 Å². The number of carbonyl (C=O) groups excluding carboxylic acids is 1. The van der Waals surface area contributed by atoms with E-state index in [-0.39, 0.29) is 24.5 Å². The highest BCUT2D eigenvalue weighted by molar-refractivity contribution is 7.99. The molecule has 4 rings (SSSR count). The normalized spacial score (nSPS) is 14.3. The molecule has 11 heteroatoms. The van der Waals surface area contributed by atoms with Crippen molar-refractivity contribution in [3.05, 3.63) is 74.6 Å². The summed E-state index contributed by atoms with van der Waals surface area (Å²) in [7, 11) is 1.32. The largest absolute Gasteiger partial charge is 0.469 e. The average Bonchev–Trinajstić information content (AvgIpc) is 3.20. The van der Waals surface area contributed by atoms with Crippen LogP contribution in [0.5, 0.6) is 0 Å². The molecule has 172 valence electrons. The molecule has 9 nitrogen and oxygen atoms in total. The highest BCUT2D eigenvalue weighted by Crippen LogP contribution is 2.37.